The molecule has 0 aromatic heterocycles. The third kappa shape index (κ3) is 3.08. The zero-order valence-electron chi connectivity index (χ0n) is 9.36. The molecule has 0 saturated carbocycles. The van der Waals surface area contributed by atoms with Gasteiger partial charge >= 0.3 is 5.97 Å². The van der Waals surface area contributed by atoms with Gasteiger partial charge in [0.05, 0.1) is 0 Å². The van der Waals surface area contributed by atoms with Crippen LogP contribution in [0, 0.1) is 11.6 Å². The average Bonchev–Trinajstić information content (AvgIpc) is 2.32. The van der Waals surface area contributed by atoms with Crippen molar-refractivity contribution in [1.82, 2.24) is 0 Å². The van der Waals surface area contributed by atoms with Gasteiger partial charge in [0, 0.05) is 10.5 Å². The van der Waals surface area contributed by atoms with Crippen molar-refractivity contribution in [1.29, 1.82) is 0 Å². The van der Waals surface area contributed by atoms with Crippen LogP contribution in [0.1, 0.15) is 10.4 Å². The van der Waals surface area contributed by atoms with Gasteiger partial charge in [-0.05, 0) is 30.3 Å². The van der Waals surface area contributed by atoms with Crippen molar-refractivity contribution in [2.75, 3.05) is 0 Å². The lowest BCUT2D eigenvalue weighted by Crippen LogP contribution is -2.00. The number of carboxylic acids is 1. The van der Waals surface area contributed by atoms with E-state index in [1.54, 1.807) is 0 Å². The summed E-state index contributed by atoms with van der Waals surface area (Å²) in [6.45, 7) is 0. The zero-order valence-corrected chi connectivity index (χ0v) is 10.9. The molecular formula is C13H7BrF2O3. The fraction of sp³-hybridized carbons (Fsp3) is 0. The first-order valence-corrected chi connectivity index (χ1v) is 5.92. The molecule has 0 aliphatic heterocycles. The molecule has 1 N–H and O–H groups in total. The second-order valence-corrected chi connectivity index (χ2v) is 4.54. The van der Waals surface area contributed by atoms with Crippen LogP contribution < -0.4 is 4.74 Å². The van der Waals surface area contributed by atoms with Gasteiger partial charge in [-0.2, -0.15) is 0 Å². The Hall–Kier alpha value is -1.95. The van der Waals surface area contributed by atoms with Crippen molar-refractivity contribution in [3.05, 3.63) is 58.1 Å². The lowest BCUT2D eigenvalue weighted by molar-refractivity contribution is 0.0694. The molecule has 0 amide bonds. The Morgan fingerprint density at radius 3 is 2.47 bits per heavy atom. The van der Waals surface area contributed by atoms with Crippen LogP contribution in [-0.4, -0.2) is 11.1 Å². The first kappa shape index (κ1) is 13.5. The molecule has 2 aromatic rings. The van der Waals surface area contributed by atoms with E-state index in [9.17, 15) is 13.6 Å². The first-order chi connectivity index (χ1) is 8.97. The van der Waals surface area contributed by atoms with Gasteiger partial charge in [0.1, 0.15) is 17.1 Å². The number of hydrogen-bond donors (Lipinski definition) is 1. The lowest BCUT2D eigenvalue weighted by Gasteiger charge is -2.10. The average molecular weight is 329 g/mol. The van der Waals surface area contributed by atoms with Crippen molar-refractivity contribution in [3.63, 3.8) is 0 Å². The van der Waals surface area contributed by atoms with E-state index in [-0.39, 0.29) is 17.1 Å². The highest BCUT2D eigenvalue weighted by molar-refractivity contribution is 9.10. The molecule has 6 heteroatoms. The molecule has 0 bridgehead atoms. The van der Waals surface area contributed by atoms with E-state index in [1.165, 1.54) is 18.2 Å². The fourth-order valence-electron chi connectivity index (χ4n) is 1.43. The van der Waals surface area contributed by atoms with E-state index in [1.807, 2.05) is 0 Å². The van der Waals surface area contributed by atoms with Crippen LogP contribution in [0.2, 0.25) is 0 Å². The van der Waals surface area contributed by atoms with Crippen LogP contribution in [0.3, 0.4) is 0 Å². The number of halogens is 3. The number of hydrogen-bond acceptors (Lipinski definition) is 2. The molecule has 2 rings (SSSR count). The second kappa shape index (κ2) is 5.36. The molecule has 19 heavy (non-hydrogen) atoms. The first-order valence-electron chi connectivity index (χ1n) is 5.13. The van der Waals surface area contributed by atoms with Crippen LogP contribution >= 0.6 is 15.9 Å². The minimum Gasteiger partial charge on any atom is -0.478 e. The number of rotatable bonds is 3. The SMILES string of the molecule is O=C(O)c1ccc(Br)cc1Oc1ccc(F)cc1F. The molecular weight excluding hydrogens is 322 g/mol. The second-order valence-electron chi connectivity index (χ2n) is 3.62. The topological polar surface area (TPSA) is 46.5 Å². The molecule has 0 spiro atoms. The molecule has 0 saturated heterocycles. The summed E-state index contributed by atoms with van der Waals surface area (Å²) in [5.41, 5.74) is -0.119. The van der Waals surface area contributed by atoms with Gasteiger partial charge in [-0.3, -0.25) is 0 Å². The summed E-state index contributed by atoms with van der Waals surface area (Å²) in [5.74, 6) is -3.13. The number of carboxylic acid groups (broad SMARTS) is 1. The zero-order chi connectivity index (χ0) is 14.0. The number of carbonyl (C=O) groups is 1. The normalized spacial score (nSPS) is 10.3. The van der Waals surface area contributed by atoms with Gasteiger partial charge in [0.2, 0.25) is 0 Å². The van der Waals surface area contributed by atoms with E-state index in [0.717, 1.165) is 12.1 Å². The van der Waals surface area contributed by atoms with Crippen molar-refractivity contribution < 1.29 is 23.4 Å². The summed E-state index contributed by atoms with van der Waals surface area (Å²) in [6.07, 6.45) is 0. The Balaban J connectivity index is 2.42. The molecule has 0 fully saturated rings. The smallest absolute Gasteiger partial charge is 0.339 e. The largest absolute Gasteiger partial charge is 0.478 e. The van der Waals surface area contributed by atoms with Crippen LogP contribution in [-0.2, 0) is 0 Å². The number of benzene rings is 2. The molecule has 2 aromatic carbocycles. The summed E-state index contributed by atoms with van der Waals surface area (Å²) in [4.78, 5) is 11.0. The fourth-order valence-corrected chi connectivity index (χ4v) is 1.77. The van der Waals surface area contributed by atoms with E-state index in [2.05, 4.69) is 15.9 Å². The van der Waals surface area contributed by atoms with Crippen molar-refractivity contribution in [2.45, 2.75) is 0 Å². The van der Waals surface area contributed by atoms with Gasteiger partial charge in [-0.15, -0.1) is 0 Å². The molecule has 0 radical (unpaired) electrons. The molecule has 3 nitrogen and oxygen atoms in total. The number of aromatic carboxylic acids is 1. The Kier molecular flexibility index (Phi) is 3.80. The molecule has 98 valence electrons. The third-order valence-electron chi connectivity index (χ3n) is 2.29. The summed E-state index contributed by atoms with van der Waals surface area (Å²) in [5, 5.41) is 9.00. The third-order valence-corrected chi connectivity index (χ3v) is 2.78. The molecule has 0 aliphatic rings. The lowest BCUT2D eigenvalue weighted by atomic mass is 10.2. The highest BCUT2D eigenvalue weighted by Crippen LogP contribution is 2.30. The van der Waals surface area contributed by atoms with Gasteiger partial charge in [-0.1, -0.05) is 15.9 Å². The van der Waals surface area contributed by atoms with Gasteiger partial charge < -0.3 is 9.84 Å². The Morgan fingerprint density at radius 1 is 1.11 bits per heavy atom. The standard InChI is InChI=1S/C13H7BrF2O3/c14-7-1-3-9(13(17)18)12(5-7)19-11-4-2-8(15)6-10(11)16/h1-6H,(H,17,18). The van der Waals surface area contributed by atoms with Crippen molar-refractivity contribution >= 4 is 21.9 Å². The van der Waals surface area contributed by atoms with Crippen molar-refractivity contribution in [2.24, 2.45) is 0 Å². The minimum absolute atomic E-state index is 0.0348. The summed E-state index contributed by atoms with van der Waals surface area (Å²) in [7, 11) is 0. The van der Waals surface area contributed by atoms with E-state index < -0.39 is 17.6 Å². The minimum atomic E-state index is -1.20. The van der Waals surface area contributed by atoms with Gasteiger partial charge in [-0.25, -0.2) is 13.6 Å². The van der Waals surface area contributed by atoms with Crippen LogP contribution in [0.5, 0.6) is 11.5 Å². The number of ether oxygens (including phenoxy) is 1. The molecule has 0 heterocycles. The Labute approximate surface area is 115 Å². The summed E-state index contributed by atoms with van der Waals surface area (Å²) >= 11 is 3.16. The van der Waals surface area contributed by atoms with Crippen LogP contribution in [0.15, 0.2) is 40.9 Å². The molecule has 0 unspecified atom stereocenters. The van der Waals surface area contributed by atoms with E-state index >= 15 is 0 Å². The summed E-state index contributed by atoms with van der Waals surface area (Å²) in [6, 6.07) is 7.02. The Bertz CT molecular complexity index is 644. The maximum Gasteiger partial charge on any atom is 0.339 e. The van der Waals surface area contributed by atoms with Crippen LogP contribution in [0.4, 0.5) is 8.78 Å². The maximum atomic E-state index is 13.4. The van der Waals surface area contributed by atoms with Gasteiger partial charge in [0.15, 0.2) is 11.6 Å². The Morgan fingerprint density at radius 2 is 1.84 bits per heavy atom. The highest BCUT2D eigenvalue weighted by atomic mass is 79.9. The highest BCUT2D eigenvalue weighted by Gasteiger charge is 2.14. The van der Waals surface area contributed by atoms with Crippen molar-refractivity contribution in [3.8, 4) is 11.5 Å². The quantitative estimate of drug-likeness (QED) is 0.917. The van der Waals surface area contributed by atoms with Gasteiger partial charge in [0.25, 0.3) is 0 Å². The molecule has 0 atom stereocenters. The molecule has 0 aliphatic carbocycles. The van der Waals surface area contributed by atoms with E-state index in [4.69, 9.17) is 9.84 Å². The maximum absolute atomic E-state index is 13.4. The predicted octanol–water partition coefficient (Wildman–Crippen LogP) is 4.22. The monoisotopic (exact) mass is 328 g/mol. The predicted molar refractivity (Wildman–Crippen MR) is 67.5 cm³/mol. The van der Waals surface area contributed by atoms with Crippen LogP contribution in [0.25, 0.3) is 0 Å². The van der Waals surface area contributed by atoms with E-state index in [0.29, 0.717) is 10.5 Å². The summed E-state index contributed by atoms with van der Waals surface area (Å²) < 4.78 is 32.0.